The van der Waals surface area contributed by atoms with Crippen LogP contribution in [-0.2, 0) is 10.2 Å². The minimum atomic E-state index is -1.43. The van der Waals surface area contributed by atoms with Gasteiger partial charge in [-0.05, 0) is 16.5 Å². The van der Waals surface area contributed by atoms with Crippen molar-refractivity contribution in [3.05, 3.63) is 56.7 Å². The molecule has 1 saturated heterocycles. The van der Waals surface area contributed by atoms with Crippen LogP contribution in [0.1, 0.15) is 32.6 Å². The first-order valence-corrected chi connectivity index (χ1v) is 8.72. The number of hydrogen-bond donors (Lipinski definition) is 4. The minimum absolute atomic E-state index is 0.0599. The normalized spacial score (nSPS) is 25.7. The fraction of sp³-hybridized carbons (Fsp3) is 0.474. The van der Waals surface area contributed by atoms with Gasteiger partial charge in [0.25, 0.3) is 5.56 Å². The van der Waals surface area contributed by atoms with E-state index in [1.54, 1.807) is 12.1 Å². The van der Waals surface area contributed by atoms with Crippen molar-refractivity contribution in [3.8, 4) is 11.3 Å². The molecule has 0 saturated carbocycles. The number of H-pyrrole nitrogens is 1. The highest BCUT2D eigenvalue weighted by Crippen LogP contribution is 2.32. The first kappa shape index (κ1) is 19.5. The maximum Gasteiger partial charge on any atom is 0.331 e. The Morgan fingerprint density at radius 3 is 2.26 bits per heavy atom. The van der Waals surface area contributed by atoms with Crippen molar-refractivity contribution < 1.29 is 20.1 Å². The van der Waals surface area contributed by atoms with E-state index in [1.807, 2.05) is 12.1 Å². The van der Waals surface area contributed by atoms with Gasteiger partial charge in [-0.1, -0.05) is 45.0 Å². The molecule has 1 aliphatic rings. The van der Waals surface area contributed by atoms with E-state index in [-0.39, 0.29) is 11.1 Å². The van der Waals surface area contributed by atoms with Crippen LogP contribution >= 0.6 is 0 Å². The number of benzene rings is 1. The molecular weight excluding hydrogens is 352 g/mol. The molecule has 0 aliphatic carbocycles. The molecule has 4 N–H and O–H groups in total. The maximum atomic E-state index is 12.5. The SMILES string of the molecule is CC(C)(C)c1ccc(-c2cc(=O)[nH]c(=O)n2[C@@H]2O[C@H](CO)[C@@H](O)[C@H]2O)cc1. The molecule has 0 bridgehead atoms. The molecule has 1 aromatic carbocycles. The molecule has 8 heteroatoms. The number of aromatic nitrogens is 2. The Kier molecular flexibility index (Phi) is 5.09. The first-order valence-electron chi connectivity index (χ1n) is 8.72. The smallest absolute Gasteiger partial charge is 0.331 e. The third-order valence-corrected chi connectivity index (χ3v) is 4.79. The van der Waals surface area contributed by atoms with Crippen LogP contribution < -0.4 is 11.2 Å². The molecule has 1 aliphatic heterocycles. The average molecular weight is 376 g/mol. The lowest BCUT2D eigenvalue weighted by atomic mass is 9.86. The molecule has 4 atom stereocenters. The maximum absolute atomic E-state index is 12.5. The van der Waals surface area contributed by atoms with Gasteiger partial charge in [0.1, 0.15) is 18.3 Å². The summed E-state index contributed by atoms with van der Waals surface area (Å²) in [5.41, 5.74) is 0.501. The van der Waals surface area contributed by atoms with Gasteiger partial charge < -0.3 is 20.1 Å². The second-order valence-electron chi connectivity index (χ2n) is 7.75. The van der Waals surface area contributed by atoms with E-state index in [2.05, 4.69) is 25.8 Å². The zero-order valence-corrected chi connectivity index (χ0v) is 15.4. The van der Waals surface area contributed by atoms with E-state index in [0.29, 0.717) is 5.56 Å². The summed E-state index contributed by atoms with van der Waals surface area (Å²) in [6.45, 7) is 5.71. The van der Waals surface area contributed by atoms with Crippen molar-refractivity contribution in [2.75, 3.05) is 6.61 Å². The topological polar surface area (TPSA) is 125 Å². The van der Waals surface area contributed by atoms with Crippen LogP contribution in [-0.4, -0.2) is 49.8 Å². The van der Waals surface area contributed by atoms with Gasteiger partial charge in [-0.3, -0.25) is 14.3 Å². The molecule has 0 radical (unpaired) electrons. The number of nitrogens with one attached hydrogen (secondary N) is 1. The number of aliphatic hydroxyl groups excluding tert-OH is 3. The van der Waals surface area contributed by atoms with Crippen molar-refractivity contribution in [2.45, 2.75) is 50.7 Å². The predicted octanol–water partition coefficient (Wildman–Crippen LogP) is 0.113. The van der Waals surface area contributed by atoms with Crippen LogP contribution in [0.5, 0.6) is 0 Å². The Bertz CT molecular complexity index is 925. The first-order chi connectivity index (χ1) is 12.6. The molecular formula is C19H24N2O6. The monoisotopic (exact) mass is 376 g/mol. The van der Waals surface area contributed by atoms with Gasteiger partial charge in [-0.2, -0.15) is 0 Å². The number of hydrogen-bond acceptors (Lipinski definition) is 6. The molecule has 2 heterocycles. The van der Waals surface area contributed by atoms with Crippen LogP contribution in [0.2, 0.25) is 0 Å². The molecule has 146 valence electrons. The fourth-order valence-electron chi connectivity index (χ4n) is 3.21. The van der Waals surface area contributed by atoms with Crippen molar-refractivity contribution in [3.63, 3.8) is 0 Å². The summed E-state index contributed by atoms with van der Waals surface area (Å²) >= 11 is 0. The van der Waals surface area contributed by atoms with E-state index >= 15 is 0 Å². The summed E-state index contributed by atoms with van der Waals surface area (Å²) in [6, 6.07) is 8.62. The van der Waals surface area contributed by atoms with Crippen LogP contribution in [0.4, 0.5) is 0 Å². The number of rotatable bonds is 3. The molecule has 8 nitrogen and oxygen atoms in total. The number of ether oxygens (including phenoxy) is 1. The molecule has 1 fully saturated rings. The summed E-state index contributed by atoms with van der Waals surface area (Å²) in [5, 5.41) is 29.6. The van der Waals surface area contributed by atoms with E-state index in [9.17, 15) is 24.9 Å². The lowest BCUT2D eigenvalue weighted by Crippen LogP contribution is -2.38. The van der Waals surface area contributed by atoms with Gasteiger partial charge in [-0.25, -0.2) is 4.79 Å². The highest BCUT2D eigenvalue weighted by atomic mass is 16.6. The average Bonchev–Trinajstić information content (AvgIpc) is 2.88. The molecule has 0 unspecified atom stereocenters. The summed E-state index contributed by atoms with van der Waals surface area (Å²) in [4.78, 5) is 26.5. The van der Waals surface area contributed by atoms with Gasteiger partial charge in [0, 0.05) is 6.07 Å². The van der Waals surface area contributed by atoms with E-state index in [4.69, 9.17) is 4.74 Å². The lowest BCUT2D eigenvalue weighted by molar-refractivity contribution is -0.0541. The van der Waals surface area contributed by atoms with Crippen molar-refractivity contribution >= 4 is 0 Å². The Morgan fingerprint density at radius 1 is 1.11 bits per heavy atom. The second kappa shape index (κ2) is 7.05. The zero-order chi connectivity index (χ0) is 19.9. The standard InChI is InChI=1S/C19H24N2O6/c1-19(2,3)11-6-4-10(5-7-11)12-8-14(23)20-18(26)21(12)17-16(25)15(24)13(9-22)27-17/h4-8,13,15-17,22,24-25H,9H2,1-3H3,(H,20,23,26)/t13-,15-,16-,17-/m1/s1. The van der Waals surface area contributed by atoms with E-state index in [0.717, 1.165) is 10.1 Å². The quantitative estimate of drug-likeness (QED) is 0.603. The van der Waals surface area contributed by atoms with Crippen LogP contribution in [0.25, 0.3) is 11.3 Å². The highest BCUT2D eigenvalue weighted by molar-refractivity contribution is 5.60. The van der Waals surface area contributed by atoms with Gasteiger partial charge in [0.15, 0.2) is 6.23 Å². The molecule has 3 rings (SSSR count). The Balaban J connectivity index is 2.12. The highest BCUT2D eigenvalue weighted by Gasteiger charge is 2.44. The van der Waals surface area contributed by atoms with Crippen LogP contribution in [0, 0.1) is 0 Å². The van der Waals surface area contributed by atoms with Crippen molar-refractivity contribution in [1.82, 2.24) is 9.55 Å². The van der Waals surface area contributed by atoms with Gasteiger partial charge in [0.05, 0.1) is 12.3 Å². The molecule has 27 heavy (non-hydrogen) atoms. The van der Waals surface area contributed by atoms with Gasteiger partial charge >= 0.3 is 5.69 Å². The minimum Gasteiger partial charge on any atom is -0.394 e. The molecule has 0 amide bonds. The van der Waals surface area contributed by atoms with Gasteiger partial charge in [0.2, 0.25) is 0 Å². The number of aromatic amines is 1. The van der Waals surface area contributed by atoms with Gasteiger partial charge in [-0.15, -0.1) is 0 Å². The summed E-state index contributed by atoms with van der Waals surface area (Å²) in [5.74, 6) is 0. The fourth-order valence-corrected chi connectivity index (χ4v) is 3.21. The Labute approximate surface area is 155 Å². The third-order valence-electron chi connectivity index (χ3n) is 4.79. The van der Waals surface area contributed by atoms with Crippen LogP contribution in [0.3, 0.4) is 0 Å². The largest absolute Gasteiger partial charge is 0.394 e. The number of nitrogens with zero attached hydrogens (tertiary/aromatic N) is 1. The Hall–Kier alpha value is -2.26. The second-order valence-corrected chi connectivity index (χ2v) is 7.75. The predicted molar refractivity (Wildman–Crippen MR) is 98.5 cm³/mol. The summed E-state index contributed by atoms with van der Waals surface area (Å²) < 4.78 is 6.57. The van der Waals surface area contributed by atoms with E-state index < -0.39 is 42.4 Å². The van der Waals surface area contributed by atoms with E-state index in [1.165, 1.54) is 6.07 Å². The molecule has 2 aromatic rings. The molecule has 1 aromatic heterocycles. The number of aliphatic hydroxyl groups is 3. The summed E-state index contributed by atoms with van der Waals surface area (Å²) in [6.07, 6.45) is -5.05. The molecule has 0 spiro atoms. The lowest BCUT2D eigenvalue weighted by Gasteiger charge is -2.22. The summed E-state index contributed by atoms with van der Waals surface area (Å²) in [7, 11) is 0. The third kappa shape index (κ3) is 3.61. The Morgan fingerprint density at radius 2 is 1.74 bits per heavy atom. The zero-order valence-electron chi connectivity index (χ0n) is 15.4. The van der Waals surface area contributed by atoms with Crippen LogP contribution in [0.15, 0.2) is 39.9 Å². The van der Waals surface area contributed by atoms with Crippen molar-refractivity contribution in [2.24, 2.45) is 0 Å². The van der Waals surface area contributed by atoms with Crippen molar-refractivity contribution in [1.29, 1.82) is 0 Å².